The molecule has 3 aromatic heterocycles. The normalized spacial score (nSPS) is 11.6. The Morgan fingerprint density at radius 1 is 0.911 bits per heavy atom. The molecular formula is C33H34N3O8P. The molecule has 0 amide bonds. The topological polar surface area (TPSA) is 128 Å². The maximum atomic E-state index is 13.0. The molecule has 45 heavy (non-hydrogen) atoms. The van der Waals surface area contributed by atoms with Crippen LogP contribution in [0.3, 0.4) is 0 Å². The minimum Gasteiger partial charge on any atom is -0.493 e. The zero-order valence-electron chi connectivity index (χ0n) is 25.5. The van der Waals surface area contributed by atoms with Crippen LogP contribution in [0, 0.1) is 6.92 Å². The molecule has 0 saturated heterocycles. The van der Waals surface area contributed by atoms with Gasteiger partial charge in [0.15, 0.2) is 23.1 Å². The summed E-state index contributed by atoms with van der Waals surface area (Å²) >= 11 is 0. The van der Waals surface area contributed by atoms with Gasteiger partial charge in [-0.3, -0.25) is 4.57 Å². The molecule has 11 nitrogen and oxygen atoms in total. The van der Waals surface area contributed by atoms with Crippen LogP contribution < -0.4 is 14.2 Å². The molecule has 0 aliphatic heterocycles. The van der Waals surface area contributed by atoms with E-state index in [1.54, 1.807) is 57.7 Å². The Morgan fingerprint density at radius 2 is 1.71 bits per heavy atom. The Bertz CT molecular complexity index is 1760. The Morgan fingerprint density at radius 3 is 2.42 bits per heavy atom. The van der Waals surface area contributed by atoms with E-state index in [-0.39, 0.29) is 26.4 Å². The highest BCUT2D eigenvalue weighted by molar-refractivity contribution is 7.57. The fourth-order valence-electron chi connectivity index (χ4n) is 4.27. The van der Waals surface area contributed by atoms with Gasteiger partial charge >= 0.3 is 7.60 Å². The molecule has 5 rings (SSSR count). The van der Waals surface area contributed by atoms with Crippen molar-refractivity contribution < 1.29 is 36.7 Å². The standard InChI is InChI=1S/C33H34N3O8P/c1-5-42-45(37,43-6-2)18-16-26-20-34-31(25-11-8-7-9-12-25)36-32(26)41-21-24-14-15-28(30(19-24)38-4)40-22-27-23(3)44-33(35-27)29-13-10-17-39-29/h7-20H,5-6,21-22H2,1-4H3/b18-16+. The summed E-state index contributed by atoms with van der Waals surface area (Å²) in [5.74, 6) is 4.80. The lowest BCUT2D eigenvalue weighted by Gasteiger charge is -2.14. The highest BCUT2D eigenvalue weighted by atomic mass is 31.2. The first kappa shape index (κ1) is 31.7. The fourth-order valence-corrected chi connectivity index (χ4v) is 5.58. The van der Waals surface area contributed by atoms with E-state index in [1.165, 1.54) is 5.82 Å². The molecule has 0 atom stereocenters. The summed E-state index contributed by atoms with van der Waals surface area (Å²) in [4.78, 5) is 13.7. The second-order valence-corrected chi connectivity index (χ2v) is 11.5. The second kappa shape index (κ2) is 14.9. The highest BCUT2D eigenvalue weighted by Gasteiger charge is 2.20. The third-order valence-electron chi connectivity index (χ3n) is 6.46. The number of furan rings is 1. The van der Waals surface area contributed by atoms with Crippen LogP contribution in [0.15, 0.2) is 87.8 Å². The zero-order chi connectivity index (χ0) is 31.6. The molecule has 0 saturated carbocycles. The number of oxazole rings is 1. The summed E-state index contributed by atoms with van der Waals surface area (Å²) in [6.07, 6.45) is 4.77. The Kier molecular flexibility index (Phi) is 10.5. The molecule has 0 spiro atoms. The first-order chi connectivity index (χ1) is 21.9. The second-order valence-electron chi connectivity index (χ2n) is 9.57. The summed E-state index contributed by atoms with van der Waals surface area (Å²) in [7, 11) is -1.88. The van der Waals surface area contributed by atoms with Crippen molar-refractivity contribution in [3.63, 3.8) is 0 Å². The number of nitrogens with zero attached hydrogens (tertiary/aromatic N) is 3. The quantitative estimate of drug-likeness (QED) is 0.104. The van der Waals surface area contributed by atoms with Gasteiger partial charge in [-0.1, -0.05) is 36.4 Å². The Labute approximate surface area is 261 Å². The number of aromatic nitrogens is 3. The minimum atomic E-state index is -3.45. The maximum absolute atomic E-state index is 13.0. The van der Waals surface area contributed by atoms with Crippen LogP contribution in [-0.2, 0) is 26.8 Å². The van der Waals surface area contributed by atoms with E-state index in [0.29, 0.717) is 51.9 Å². The van der Waals surface area contributed by atoms with E-state index in [1.807, 2.05) is 49.4 Å². The van der Waals surface area contributed by atoms with Gasteiger partial charge in [0.1, 0.15) is 24.7 Å². The van der Waals surface area contributed by atoms with Crippen LogP contribution in [0.1, 0.15) is 36.4 Å². The van der Waals surface area contributed by atoms with E-state index in [9.17, 15) is 4.57 Å². The predicted molar refractivity (Wildman–Crippen MR) is 168 cm³/mol. The summed E-state index contributed by atoms with van der Waals surface area (Å²) in [6.45, 7) is 6.14. The van der Waals surface area contributed by atoms with Gasteiger partial charge in [-0.15, -0.1) is 0 Å². The SMILES string of the molecule is CCOP(=O)(/C=C/c1cnc(-c2ccccc2)nc1OCc1ccc(OCc2nc(-c3ccco3)oc2C)c(OC)c1)OCC. The van der Waals surface area contributed by atoms with Crippen molar-refractivity contribution in [1.29, 1.82) is 0 Å². The average Bonchev–Trinajstić information content (AvgIpc) is 3.73. The fraction of sp³-hybridized carbons (Fsp3) is 0.242. The molecule has 5 aromatic rings. The van der Waals surface area contributed by atoms with Crippen molar-refractivity contribution in [1.82, 2.24) is 15.0 Å². The van der Waals surface area contributed by atoms with Crippen molar-refractivity contribution >= 4 is 13.7 Å². The van der Waals surface area contributed by atoms with Gasteiger partial charge < -0.3 is 32.1 Å². The molecule has 0 bridgehead atoms. The van der Waals surface area contributed by atoms with Gasteiger partial charge in [0.25, 0.3) is 5.89 Å². The lowest BCUT2D eigenvalue weighted by molar-refractivity contribution is 0.229. The molecule has 0 radical (unpaired) electrons. The summed E-state index contributed by atoms with van der Waals surface area (Å²) in [6, 6.07) is 18.6. The lowest BCUT2D eigenvalue weighted by atomic mass is 10.2. The number of ether oxygens (including phenoxy) is 3. The first-order valence-corrected chi connectivity index (χ1v) is 16.0. The smallest absolute Gasteiger partial charge is 0.354 e. The Balaban J connectivity index is 1.34. The van der Waals surface area contributed by atoms with Gasteiger partial charge in [0, 0.05) is 17.6 Å². The van der Waals surface area contributed by atoms with Gasteiger partial charge in [-0.2, -0.15) is 4.98 Å². The number of hydrogen-bond acceptors (Lipinski definition) is 11. The van der Waals surface area contributed by atoms with Crippen LogP contribution in [0.2, 0.25) is 0 Å². The van der Waals surface area contributed by atoms with Crippen molar-refractivity contribution in [2.75, 3.05) is 20.3 Å². The van der Waals surface area contributed by atoms with Gasteiger partial charge in [0.2, 0.25) is 5.88 Å². The van der Waals surface area contributed by atoms with E-state index < -0.39 is 7.60 Å². The molecule has 0 fully saturated rings. The largest absolute Gasteiger partial charge is 0.493 e. The predicted octanol–water partition coefficient (Wildman–Crippen LogP) is 8.10. The van der Waals surface area contributed by atoms with Crippen LogP contribution >= 0.6 is 7.60 Å². The monoisotopic (exact) mass is 631 g/mol. The number of hydrogen-bond donors (Lipinski definition) is 0. The maximum Gasteiger partial charge on any atom is 0.354 e. The van der Waals surface area contributed by atoms with Gasteiger partial charge in [-0.05, 0) is 56.7 Å². The van der Waals surface area contributed by atoms with Crippen LogP contribution in [0.25, 0.3) is 29.1 Å². The van der Waals surface area contributed by atoms with Crippen molar-refractivity contribution in [2.45, 2.75) is 34.0 Å². The number of rotatable bonds is 15. The van der Waals surface area contributed by atoms with Crippen LogP contribution in [0.4, 0.5) is 0 Å². The third kappa shape index (κ3) is 8.07. The van der Waals surface area contributed by atoms with E-state index >= 15 is 0 Å². The average molecular weight is 632 g/mol. The highest BCUT2D eigenvalue weighted by Crippen LogP contribution is 2.50. The van der Waals surface area contributed by atoms with Crippen molar-refractivity contribution in [3.05, 3.63) is 102 Å². The van der Waals surface area contributed by atoms with E-state index in [2.05, 4.69) is 15.0 Å². The zero-order valence-corrected chi connectivity index (χ0v) is 26.4. The summed E-state index contributed by atoms with van der Waals surface area (Å²) in [5.41, 5.74) is 2.79. The van der Waals surface area contributed by atoms with Gasteiger partial charge in [-0.25, -0.2) is 9.97 Å². The molecule has 3 heterocycles. The summed E-state index contributed by atoms with van der Waals surface area (Å²) < 4.78 is 52.7. The van der Waals surface area contributed by atoms with Crippen LogP contribution in [-0.4, -0.2) is 35.3 Å². The lowest BCUT2D eigenvalue weighted by Crippen LogP contribution is -2.03. The number of methoxy groups -OCH3 is 1. The number of benzene rings is 2. The van der Waals surface area contributed by atoms with E-state index in [0.717, 1.165) is 11.1 Å². The molecule has 234 valence electrons. The third-order valence-corrected chi connectivity index (χ3v) is 8.21. The van der Waals surface area contributed by atoms with Crippen molar-refractivity contribution in [3.8, 4) is 40.4 Å². The van der Waals surface area contributed by atoms with Crippen LogP contribution in [0.5, 0.6) is 17.4 Å². The molecule has 12 heteroatoms. The van der Waals surface area contributed by atoms with Crippen molar-refractivity contribution in [2.24, 2.45) is 0 Å². The molecule has 2 aromatic carbocycles. The molecule has 0 unspecified atom stereocenters. The molecule has 0 aliphatic carbocycles. The number of aryl methyl sites for hydroxylation is 1. The molecular weight excluding hydrogens is 597 g/mol. The molecule has 0 aliphatic rings. The summed E-state index contributed by atoms with van der Waals surface area (Å²) in [5, 5.41) is 0. The molecule has 0 N–H and O–H groups in total. The minimum absolute atomic E-state index is 0.159. The first-order valence-electron chi connectivity index (χ1n) is 14.3. The van der Waals surface area contributed by atoms with E-state index in [4.69, 9.17) is 32.1 Å². The Hall–Kier alpha value is -4.70. The van der Waals surface area contributed by atoms with Gasteiger partial charge in [0.05, 0.1) is 32.2 Å².